The van der Waals surface area contributed by atoms with Gasteiger partial charge in [-0.25, -0.2) is 0 Å². The summed E-state index contributed by atoms with van der Waals surface area (Å²) in [5.41, 5.74) is -0.768. The third kappa shape index (κ3) is 0.857. The molecule has 2 heterocycles. The first-order chi connectivity index (χ1) is 5.04. The van der Waals surface area contributed by atoms with Gasteiger partial charge in [-0.15, -0.1) is 0 Å². The van der Waals surface area contributed by atoms with Crippen LogP contribution in [0.15, 0.2) is 12.2 Å². The fourth-order valence-electron chi connectivity index (χ4n) is 1.78. The molecule has 11 heavy (non-hydrogen) atoms. The molecule has 0 amide bonds. The number of hydrogen-bond donors (Lipinski definition) is 0. The number of ether oxygens (including phenoxy) is 1. The molecule has 2 aliphatic rings. The molecule has 0 N–H and O–H groups in total. The number of carbonyl (C=O) groups is 1. The molecule has 0 spiro atoms. The number of rotatable bonds is 0. The van der Waals surface area contributed by atoms with Crippen molar-refractivity contribution in [1.29, 1.82) is 0 Å². The highest BCUT2D eigenvalue weighted by molar-refractivity contribution is 5.90. The number of fused-ring (bicyclic) bond motifs is 2. The maximum absolute atomic E-state index is 11.3. The highest BCUT2D eigenvalue weighted by atomic mass is 16.5. The maximum Gasteiger partial charge on any atom is 0.168 e. The molecule has 2 nitrogen and oxygen atoms in total. The molecule has 2 heteroatoms. The van der Waals surface area contributed by atoms with Crippen LogP contribution in [0.3, 0.4) is 0 Å². The summed E-state index contributed by atoms with van der Waals surface area (Å²) in [7, 11) is 0. The second-order valence-corrected chi connectivity index (χ2v) is 3.78. The Morgan fingerprint density at radius 3 is 2.82 bits per heavy atom. The summed E-state index contributed by atoms with van der Waals surface area (Å²) in [6, 6.07) is 0. The Morgan fingerprint density at radius 1 is 1.45 bits per heavy atom. The Kier molecular flexibility index (Phi) is 1.12. The Labute approximate surface area is 66.2 Å². The van der Waals surface area contributed by atoms with E-state index in [0.29, 0.717) is 6.42 Å². The van der Waals surface area contributed by atoms with Gasteiger partial charge in [0, 0.05) is 6.42 Å². The molecule has 60 valence electrons. The molecule has 0 radical (unpaired) electrons. The fourth-order valence-corrected chi connectivity index (χ4v) is 1.78. The van der Waals surface area contributed by atoms with Crippen molar-refractivity contribution in [3.05, 3.63) is 12.2 Å². The minimum atomic E-state index is -0.604. The first-order valence-electron chi connectivity index (χ1n) is 3.98. The van der Waals surface area contributed by atoms with E-state index in [1.54, 1.807) is 0 Å². The summed E-state index contributed by atoms with van der Waals surface area (Å²) < 4.78 is 5.62. The van der Waals surface area contributed by atoms with Crippen LogP contribution in [-0.2, 0) is 9.53 Å². The number of hydrogen-bond acceptors (Lipinski definition) is 2. The van der Waals surface area contributed by atoms with Crippen LogP contribution in [0.2, 0.25) is 0 Å². The zero-order valence-electron chi connectivity index (χ0n) is 6.89. The van der Waals surface area contributed by atoms with E-state index in [9.17, 15) is 4.79 Å². The molecule has 0 aromatic heterocycles. The van der Waals surface area contributed by atoms with E-state index in [1.165, 1.54) is 0 Å². The van der Waals surface area contributed by atoms with Gasteiger partial charge in [0.25, 0.3) is 0 Å². The Balaban J connectivity index is 2.38. The zero-order chi connectivity index (χ0) is 8.11. The lowest BCUT2D eigenvalue weighted by atomic mass is 9.93. The van der Waals surface area contributed by atoms with Crippen molar-refractivity contribution in [2.75, 3.05) is 0 Å². The smallest absolute Gasteiger partial charge is 0.168 e. The van der Waals surface area contributed by atoms with Gasteiger partial charge in [-0.2, -0.15) is 0 Å². The standard InChI is InChI=1S/C9H12O2/c1-8-4-3-7(10)9(2,11-8)6-5-8/h5-6H,3-4H2,1-2H3. The summed E-state index contributed by atoms with van der Waals surface area (Å²) in [6.45, 7) is 3.87. The van der Waals surface area contributed by atoms with Gasteiger partial charge in [-0.05, 0) is 26.3 Å². The number of Topliss-reactive ketones (excluding diaryl/α,β-unsaturated/α-hetero) is 1. The summed E-state index contributed by atoms with van der Waals surface area (Å²) in [5.74, 6) is 0.212. The Bertz CT molecular complexity index is 244. The summed E-state index contributed by atoms with van der Waals surface area (Å²) in [6.07, 6.45) is 5.39. The molecule has 2 atom stereocenters. The first kappa shape index (κ1) is 7.04. The fraction of sp³-hybridized carbons (Fsp3) is 0.667. The lowest BCUT2D eigenvalue weighted by Gasteiger charge is -2.34. The number of carbonyl (C=O) groups excluding carboxylic acids is 1. The minimum Gasteiger partial charge on any atom is -0.353 e. The molecule has 1 saturated heterocycles. The van der Waals surface area contributed by atoms with Crippen molar-refractivity contribution in [3.63, 3.8) is 0 Å². The lowest BCUT2D eigenvalue weighted by molar-refractivity contribution is -0.156. The van der Waals surface area contributed by atoms with E-state index in [1.807, 2.05) is 26.0 Å². The molecule has 0 saturated carbocycles. The predicted molar refractivity (Wildman–Crippen MR) is 41.3 cm³/mol. The molecule has 2 rings (SSSR count). The zero-order valence-corrected chi connectivity index (χ0v) is 6.89. The largest absolute Gasteiger partial charge is 0.353 e. The second kappa shape index (κ2) is 1.75. The van der Waals surface area contributed by atoms with Gasteiger partial charge >= 0.3 is 0 Å². The van der Waals surface area contributed by atoms with E-state index in [4.69, 9.17) is 4.74 Å². The molecule has 2 unspecified atom stereocenters. The Hall–Kier alpha value is -0.630. The topological polar surface area (TPSA) is 26.3 Å². The summed E-state index contributed by atoms with van der Waals surface area (Å²) in [5, 5.41) is 0. The minimum absolute atomic E-state index is 0.164. The molecular formula is C9H12O2. The second-order valence-electron chi connectivity index (χ2n) is 3.78. The molecular weight excluding hydrogens is 140 g/mol. The van der Waals surface area contributed by atoms with Gasteiger partial charge < -0.3 is 4.74 Å². The van der Waals surface area contributed by atoms with Crippen LogP contribution in [0.4, 0.5) is 0 Å². The van der Waals surface area contributed by atoms with Gasteiger partial charge in [0.15, 0.2) is 5.78 Å². The van der Waals surface area contributed by atoms with Crippen LogP contribution >= 0.6 is 0 Å². The van der Waals surface area contributed by atoms with Crippen LogP contribution in [0.25, 0.3) is 0 Å². The van der Waals surface area contributed by atoms with E-state index >= 15 is 0 Å². The molecule has 0 aromatic carbocycles. The highest BCUT2D eigenvalue weighted by Crippen LogP contribution is 2.40. The Morgan fingerprint density at radius 2 is 2.18 bits per heavy atom. The van der Waals surface area contributed by atoms with Crippen LogP contribution in [0.1, 0.15) is 26.7 Å². The maximum atomic E-state index is 11.3. The van der Waals surface area contributed by atoms with Crippen LogP contribution < -0.4 is 0 Å². The van der Waals surface area contributed by atoms with Gasteiger partial charge in [0.05, 0.1) is 5.60 Å². The van der Waals surface area contributed by atoms with Crippen molar-refractivity contribution in [1.82, 2.24) is 0 Å². The lowest BCUT2D eigenvalue weighted by Crippen LogP contribution is -2.44. The van der Waals surface area contributed by atoms with Gasteiger partial charge in [-0.3, -0.25) is 4.79 Å². The van der Waals surface area contributed by atoms with Crippen LogP contribution in [-0.4, -0.2) is 17.0 Å². The quantitative estimate of drug-likeness (QED) is 0.491. The van der Waals surface area contributed by atoms with Crippen LogP contribution in [0, 0.1) is 0 Å². The monoisotopic (exact) mass is 152 g/mol. The average molecular weight is 152 g/mol. The van der Waals surface area contributed by atoms with Crippen molar-refractivity contribution in [3.8, 4) is 0 Å². The molecule has 0 aliphatic carbocycles. The van der Waals surface area contributed by atoms with Gasteiger partial charge in [0.2, 0.25) is 0 Å². The number of ketones is 1. The van der Waals surface area contributed by atoms with Crippen molar-refractivity contribution in [2.45, 2.75) is 37.9 Å². The van der Waals surface area contributed by atoms with Gasteiger partial charge in [-0.1, -0.05) is 6.08 Å². The SMILES string of the molecule is CC12C=CC(C)(O1)C(=O)CC2. The van der Waals surface area contributed by atoms with E-state index in [-0.39, 0.29) is 11.4 Å². The van der Waals surface area contributed by atoms with Crippen molar-refractivity contribution < 1.29 is 9.53 Å². The van der Waals surface area contributed by atoms with E-state index in [0.717, 1.165) is 6.42 Å². The molecule has 0 aromatic rings. The summed E-state index contributed by atoms with van der Waals surface area (Å²) >= 11 is 0. The van der Waals surface area contributed by atoms with Crippen LogP contribution in [0.5, 0.6) is 0 Å². The van der Waals surface area contributed by atoms with E-state index < -0.39 is 5.60 Å². The normalized spacial score (nSPS) is 48.4. The predicted octanol–water partition coefficient (Wildman–Crippen LogP) is 1.45. The highest BCUT2D eigenvalue weighted by Gasteiger charge is 2.47. The van der Waals surface area contributed by atoms with E-state index in [2.05, 4.69) is 0 Å². The third-order valence-electron chi connectivity index (χ3n) is 2.60. The first-order valence-corrected chi connectivity index (χ1v) is 3.98. The summed E-state index contributed by atoms with van der Waals surface area (Å²) in [4.78, 5) is 11.3. The molecule has 2 bridgehead atoms. The molecule has 2 aliphatic heterocycles. The van der Waals surface area contributed by atoms with Crippen molar-refractivity contribution >= 4 is 5.78 Å². The average Bonchev–Trinajstić information content (AvgIpc) is 2.20. The van der Waals surface area contributed by atoms with Gasteiger partial charge in [0.1, 0.15) is 5.60 Å². The third-order valence-corrected chi connectivity index (χ3v) is 2.60. The van der Waals surface area contributed by atoms with Crippen molar-refractivity contribution in [2.24, 2.45) is 0 Å². The molecule has 1 fully saturated rings.